The Balaban J connectivity index is 1.41. The molecule has 142 valence electrons. The number of halogens is 1. The van der Waals surface area contributed by atoms with Crippen molar-refractivity contribution in [1.82, 2.24) is 14.9 Å². The van der Waals surface area contributed by atoms with E-state index in [2.05, 4.69) is 14.9 Å². The lowest BCUT2D eigenvalue weighted by Gasteiger charge is -2.39. The third-order valence-corrected chi connectivity index (χ3v) is 6.12. The average Bonchev–Trinajstić information content (AvgIpc) is 2.95. The van der Waals surface area contributed by atoms with Gasteiger partial charge in [-0.3, -0.25) is 9.78 Å². The Morgan fingerprint density at radius 2 is 1.85 bits per heavy atom. The van der Waals surface area contributed by atoms with Crippen molar-refractivity contribution in [1.29, 1.82) is 0 Å². The van der Waals surface area contributed by atoms with Crippen LogP contribution in [0.25, 0.3) is 0 Å². The summed E-state index contributed by atoms with van der Waals surface area (Å²) in [4.78, 5) is 26.1. The zero-order valence-corrected chi connectivity index (χ0v) is 16.7. The molecular formula is C21H25ClN4O. The number of aryl methyl sites for hydroxylation is 2. The zero-order chi connectivity index (χ0) is 19.0. The van der Waals surface area contributed by atoms with Gasteiger partial charge in [-0.2, -0.15) is 0 Å². The lowest BCUT2D eigenvalue weighted by molar-refractivity contribution is -0.128. The molecule has 0 atom stereocenters. The van der Waals surface area contributed by atoms with Crippen LogP contribution in [0.15, 0.2) is 30.5 Å². The van der Waals surface area contributed by atoms with Gasteiger partial charge < -0.3 is 9.80 Å². The molecular weight excluding hydrogens is 360 g/mol. The van der Waals surface area contributed by atoms with Gasteiger partial charge >= 0.3 is 0 Å². The smallest absolute Gasteiger partial charge is 0.223 e. The maximum absolute atomic E-state index is 12.6. The number of carbonyl (C=O) groups is 1. The van der Waals surface area contributed by atoms with Crippen LogP contribution in [0.1, 0.15) is 36.2 Å². The van der Waals surface area contributed by atoms with Crippen molar-refractivity contribution in [2.24, 2.45) is 5.41 Å². The second kappa shape index (κ2) is 7.12. The van der Waals surface area contributed by atoms with E-state index in [0.29, 0.717) is 13.0 Å². The number of carbonyl (C=O) groups excluding carboxylic acids is 1. The Bertz CT molecular complexity index is 844. The Morgan fingerprint density at radius 1 is 1.15 bits per heavy atom. The zero-order valence-electron chi connectivity index (χ0n) is 15.9. The first kappa shape index (κ1) is 18.2. The maximum atomic E-state index is 12.6. The van der Waals surface area contributed by atoms with Gasteiger partial charge in [0.05, 0.1) is 11.4 Å². The van der Waals surface area contributed by atoms with Crippen molar-refractivity contribution in [3.63, 3.8) is 0 Å². The summed E-state index contributed by atoms with van der Waals surface area (Å²) in [6, 6.07) is 7.78. The molecule has 2 fully saturated rings. The normalized spacial score (nSPS) is 19.1. The molecule has 1 aromatic carbocycles. The fourth-order valence-corrected chi connectivity index (χ4v) is 4.41. The van der Waals surface area contributed by atoms with Crippen LogP contribution in [0.3, 0.4) is 0 Å². The molecule has 1 amide bonds. The monoisotopic (exact) mass is 384 g/mol. The fourth-order valence-electron chi connectivity index (χ4n) is 4.29. The highest BCUT2D eigenvalue weighted by atomic mass is 35.5. The van der Waals surface area contributed by atoms with Crippen molar-refractivity contribution in [3.05, 3.63) is 52.4 Å². The van der Waals surface area contributed by atoms with E-state index in [1.807, 2.05) is 49.2 Å². The molecule has 0 radical (unpaired) electrons. The molecule has 4 rings (SSSR count). The number of hydrogen-bond acceptors (Lipinski definition) is 4. The van der Waals surface area contributed by atoms with Crippen LogP contribution >= 0.6 is 11.6 Å². The van der Waals surface area contributed by atoms with E-state index in [1.165, 1.54) is 0 Å². The highest BCUT2D eigenvalue weighted by molar-refractivity contribution is 6.30. The van der Waals surface area contributed by atoms with E-state index in [9.17, 15) is 4.79 Å². The number of rotatable bonds is 3. The van der Waals surface area contributed by atoms with Crippen molar-refractivity contribution in [3.8, 4) is 0 Å². The van der Waals surface area contributed by atoms with Crippen LogP contribution in [0, 0.1) is 19.3 Å². The van der Waals surface area contributed by atoms with E-state index in [0.717, 1.165) is 60.3 Å². The van der Waals surface area contributed by atoms with Gasteiger partial charge in [0.25, 0.3) is 0 Å². The molecule has 2 aliphatic heterocycles. The molecule has 2 aromatic rings. The lowest BCUT2D eigenvalue weighted by atomic mass is 9.77. The van der Waals surface area contributed by atoms with Crippen molar-refractivity contribution >= 4 is 23.3 Å². The first-order chi connectivity index (χ1) is 12.9. The molecule has 27 heavy (non-hydrogen) atoms. The first-order valence-corrected chi connectivity index (χ1v) is 9.89. The Morgan fingerprint density at radius 3 is 2.56 bits per heavy atom. The van der Waals surface area contributed by atoms with E-state index in [1.54, 1.807) is 0 Å². The molecule has 2 saturated heterocycles. The van der Waals surface area contributed by atoms with E-state index >= 15 is 0 Å². The van der Waals surface area contributed by atoms with Crippen LogP contribution in [0.2, 0.25) is 5.02 Å². The molecule has 2 aliphatic rings. The van der Waals surface area contributed by atoms with Gasteiger partial charge in [-0.1, -0.05) is 23.7 Å². The van der Waals surface area contributed by atoms with Crippen molar-refractivity contribution < 1.29 is 4.79 Å². The summed E-state index contributed by atoms with van der Waals surface area (Å²) in [6.45, 7) is 7.37. The van der Waals surface area contributed by atoms with E-state index in [4.69, 9.17) is 11.6 Å². The SMILES string of the molecule is Cc1cnc(C)c(N2CCC3(CC2)CC(=O)N(Cc2ccc(Cl)cc2)C3)n1. The van der Waals surface area contributed by atoms with Crippen LogP contribution in [-0.2, 0) is 11.3 Å². The second-order valence-corrected chi connectivity index (χ2v) is 8.40. The van der Waals surface area contributed by atoms with Crippen LogP contribution in [0.4, 0.5) is 5.82 Å². The summed E-state index contributed by atoms with van der Waals surface area (Å²) >= 11 is 5.96. The summed E-state index contributed by atoms with van der Waals surface area (Å²) in [6.07, 6.45) is 4.51. The predicted octanol–water partition coefficient (Wildman–Crippen LogP) is 3.77. The predicted molar refractivity (Wildman–Crippen MR) is 107 cm³/mol. The Kier molecular flexibility index (Phi) is 4.81. The number of aromatic nitrogens is 2. The summed E-state index contributed by atoms with van der Waals surface area (Å²) in [7, 11) is 0. The fraction of sp³-hybridized carbons (Fsp3) is 0.476. The van der Waals surface area contributed by atoms with Crippen molar-refractivity contribution in [2.45, 2.75) is 39.7 Å². The number of anilines is 1. The minimum Gasteiger partial charge on any atom is -0.355 e. The topological polar surface area (TPSA) is 49.3 Å². The number of amides is 1. The molecule has 1 spiro atoms. The highest BCUT2D eigenvalue weighted by Crippen LogP contribution is 2.42. The molecule has 1 aromatic heterocycles. The van der Waals surface area contributed by atoms with Crippen LogP contribution < -0.4 is 4.90 Å². The van der Waals surface area contributed by atoms with Crippen molar-refractivity contribution in [2.75, 3.05) is 24.5 Å². The van der Waals surface area contributed by atoms with Gasteiger partial charge in [-0.05, 0) is 44.4 Å². The minimum atomic E-state index is 0.102. The third kappa shape index (κ3) is 3.79. The quantitative estimate of drug-likeness (QED) is 0.808. The number of benzene rings is 1. The van der Waals surface area contributed by atoms with Crippen LogP contribution in [-0.4, -0.2) is 40.4 Å². The maximum Gasteiger partial charge on any atom is 0.223 e. The lowest BCUT2D eigenvalue weighted by Crippen LogP contribution is -2.42. The number of hydrogen-bond donors (Lipinski definition) is 0. The van der Waals surface area contributed by atoms with Gasteiger partial charge in [0, 0.05) is 49.2 Å². The van der Waals surface area contributed by atoms with Gasteiger partial charge in [-0.15, -0.1) is 0 Å². The Hall–Kier alpha value is -2.14. The van der Waals surface area contributed by atoms with Gasteiger partial charge in [-0.25, -0.2) is 4.98 Å². The number of piperidine rings is 1. The van der Waals surface area contributed by atoms with E-state index in [-0.39, 0.29) is 11.3 Å². The van der Waals surface area contributed by atoms with Gasteiger partial charge in [0.2, 0.25) is 5.91 Å². The standard InChI is InChI=1S/C21H25ClN4O/c1-15-12-23-16(2)20(24-15)25-9-7-21(8-10-25)11-19(27)26(14-21)13-17-3-5-18(22)6-4-17/h3-6,12H,7-11,13-14H2,1-2H3. The van der Waals surface area contributed by atoms with E-state index < -0.39 is 0 Å². The molecule has 0 saturated carbocycles. The highest BCUT2D eigenvalue weighted by Gasteiger charge is 2.45. The summed E-state index contributed by atoms with van der Waals surface area (Å²) in [5.74, 6) is 1.26. The molecule has 0 bridgehead atoms. The van der Waals surface area contributed by atoms with Crippen LogP contribution in [0.5, 0.6) is 0 Å². The first-order valence-electron chi connectivity index (χ1n) is 9.52. The molecule has 5 nitrogen and oxygen atoms in total. The van der Waals surface area contributed by atoms with Gasteiger partial charge in [0.1, 0.15) is 5.82 Å². The summed E-state index contributed by atoms with van der Waals surface area (Å²) in [5.41, 5.74) is 3.16. The summed E-state index contributed by atoms with van der Waals surface area (Å²) < 4.78 is 0. The number of likely N-dealkylation sites (tertiary alicyclic amines) is 1. The second-order valence-electron chi connectivity index (χ2n) is 7.96. The number of nitrogens with zero attached hydrogens (tertiary/aromatic N) is 4. The minimum absolute atomic E-state index is 0.102. The Labute approximate surface area is 165 Å². The molecule has 3 heterocycles. The average molecular weight is 385 g/mol. The molecule has 0 N–H and O–H groups in total. The summed E-state index contributed by atoms with van der Waals surface area (Å²) in [5, 5.41) is 0.727. The molecule has 0 aliphatic carbocycles. The largest absolute Gasteiger partial charge is 0.355 e. The van der Waals surface area contributed by atoms with Gasteiger partial charge in [0.15, 0.2) is 0 Å². The molecule has 6 heteroatoms. The third-order valence-electron chi connectivity index (χ3n) is 5.87. The molecule has 0 unspecified atom stereocenters.